The zero-order valence-corrected chi connectivity index (χ0v) is 19.2. The lowest BCUT2D eigenvalue weighted by Crippen LogP contribution is -2.41. The maximum Gasteiger partial charge on any atom is 0.193 e. The van der Waals surface area contributed by atoms with Crippen molar-refractivity contribution in [2.45, 2.75) is 25.9 Å². The fraction of sp³-hybridized carbons (Fsp3) is 0.632. The van der Waals surface area contributed by atoms with Gasteiger partial charge in [-0.1, -0.05) is 11.6 Å². The molecular formula is C19H31ClIN3O3. The molecule has 1 atom stereocenters. The Kier molecular flexibility index (Phi) is 12.1. The van der Waals surface area contributed by atoms with Gasteiger partial charge in [-0.25, -0.2) is 0 Å². The van der Waals surface area contributed by atoms with Crippen LogP contribution in [-0.2, 0) is 4.74 Å². The summed E-state index contributed by atoms with van der Waals surface area (Å²) in [6.07, 6.45) is 1.92. The van der Waals surface area contributed by atoms with Gasteiger partial charge >= 0.3 is 0 Å². The van der Waals surface area contributed by atoms with Crippen LogP contribution in [0.5, 0.6) is 5.75 Å². The molecule has 1 saturated carbocycles. The Morgan fingerprint density at radius 1 is 1.37 bits per heavy atom. The van der Waals surface area contributed by atoms with Crippen LogP contribution in [0.15, 0.2) is 29.3 Å². The molecule has 0 radical (unpaired) electrons. The molecule has 6 nitrogen and oxygen atoms in total. The number of hydrogen-bond donors (Lipinski definition) is 2. The van der Waals surface area contributed by atoms with Crippen LogP contribution in [0.4, 0.5) is 0 Å². The van der Waals surface area contributed by atoms with Crippen molar-refractivity contribution in [2.75, 3.05) is 46.5 Å². The van der Waals surface area contributed by atoms with Gasteiger partial charge in [0, 0.05) is 25.2 Å². The van der Waals surface area contributed by atoms with Crippen LogP contribution in [-0.4, -0.2) is 68.6 Å². The number of aliphatic imine (C=N–C) groups is 1. The molecule has 2 rings (SSSR count). The molecule has 1 aliphatic rings. The van der Waals surface area contributed by atoms with Crippen molar-refractivity contribution in [3.05, 3.63) is 29.3 Å². The fourth-order valence-corrected chi connectivity index (χ4v) is 2.43. The van der Waals surface area contributed by atoms with E-state index >= 15 is 0 Å². The average Bonchev–Trinajstić information content (AvgIpc) is 3.44. The van der Waals surface area contributed by atoms with E-state index in [2.05, 4.69) is 10.3 Å². The smallest absolute Gasteiger partial charge is 0.193 e. The minimum absolute atomic E-state index is 0. The molecule has 154 valence electrons. The van der Waals surface area contributed by atoms with Crippen molar-refractivity contribution in [3.8, 4) is 5.75 Å². The van der Waals surface area contributed by atoms with Crippen molar-refractivity contribution in [2.24, 2.45) is 10.9 Å². The molecule has 0 aromatic heterocycles. The van der Waals surface area contributed by atoms with E-state index in [1.807, 2.05) is 31.0 Å². The molecule has 1 aromatic rings. The molecule has 0 spiro atoms. The lowest BCUT2D eigenvalue weighted by atomic mass is 10.3. The van der Waals surface area contributed by atoms with Crippen LogP contribution in [0.25, 0.3) is 0 Å². The van der Waals surface area contributed by atoms with E-state index in [9.17, 15) is 5.11 Å². The Labute approximate surface area is 184 Å². The summed E-state index contributed by atoms with van der Waals surface area (Å²) in [5, 5.41) is 13.9. The number of guanidine groups is 1. The zero-order chi connectivity index (χ0) is 18.8. The lowest BCUT2D eigenvalue weighted by molar-refractivity contribution is 0.0367. The third-order valence-corrected chi connectivity index (χ3v) is 4.27. The van der Waals surface area contributed by atoms with E-state index in [0.29, 0.717) is 37.2 Å². The van der Waals surface area contributed by atoms with Gasteiger partial charge in [0.25, 0.3) is 0 Å². The van der Waals surface area contributed by atoms with Crippen molar-refractivity contribution in [1.82, 2.24) is 10.2 Å². The second-order valence-corrected chi connectivity index (χ2v) is 6.99. The van der Waals surface area contributed by atoms with Crippen LogP contribution in [0, 0.1) is 5.92 Å². The third-order valence-electron chi connectivity index (χ3n) is 4.02. The molecule has 0 bridgehead atoms. The summed E-state index contributed by atoms with van der Waals surface area (Å²) in [6, 6.07) is 7.30. The second kappa shape index (κ2) is 13.4. The first-order valence-electron chi connectivity index (χ1n) is 9.22. The molecule has 1 aromatic carbocycles. The summed E-state index contributed by atoms with van der Waals surface area (Å²) in [7, 11) is 1.95. The second-order valence-electron chi connectivity index (χ2n) is 6.55. The fourth-order valence-electron chi connectivity index (χ4n) is 2.31. The molecule has 0 aliphatic heterocycles. The molecule has 2 N–H and O–H groups in total. The third kappa shape index (κ3) is 10.4. The van der Waals surface area contributed by atoms with E-state index < -0.39 is 6.10 Å². The van der Waals surface area contributed by atoms with E-state index in [-0.39, 0.29) is 24.0 Å². The first-order chi connectivity index (χ1) is 12.6. The number of benzene rings is 1. The molecule has 0 amide bonds. The van der Waals surface area contributed by atoms with Crippen LogP contribution >= 0.6 is 35.6 Å². The van der Waals surface area contributed by atoms with Gasteiger partial charge in [0.05, 0.1) is 25.8 Å². The Hall–Kier alpha value is -0.770. The molecule has 0 saturated heterocycles. The normalized spacial score (nSPS) is 15.0. The van der Waals surface area contributed by atoms with E-state index in [1.54, 1.807) is 12.1 Å². The van der Waals surface area contributed by atoms with Crippen molar-refractivity contribution in [3.63, 3.8) is 0 Å². The molecule has 8 heteroatoms. The molecular weight excluding hydrogens is 481 g/mol. The van der Waals surface area contributed by atoms with Crippen molar-refractivity contribution in [1.29, 1.82) is 0 Å². The number of ether oxygens (including phenoxy) is 2. The van der Waals surface area contributed by atoms with Gasteiger partial charge in [-0.3, -0.25) is 4.99 Å². The van der Waals surface area contributed by atoms with E-state index in [1.165, 1.54) is 12.8 Å². The monoisotopic (exact) mass is 511 g/mol. The van der Waals surface area contributed by atoms with Crippen LogP contribution in [0.3, 0.4) is 0 Å². The van der Waals surface area contributed by atoms with Gasteiger partial charge in [-0.15, -0.1) is 24.0 Å². The molecule has 1 aliphatic carbocycles. The standard InChI is InChI=1S/C19H30ClN3O3.HI/c1-3-21-19(22-12-17(24)14-25-13-15-4-5-15)23(2)10-11-26-18-8-6-16(20)7-9-18;/h6-9,15,17,24H,3-5,10-14H2,1-2H3,(H,21,22);1H. The topological polar surface area (TPSA) is 66.3 Å². The first kappa shape index (κ1) is 24.3. The number of hydrogen-bond acceptors (Lipinski definition) is 4. The minimum Gasteiger partial charge on any atom is -0.492 e. The number of nitrogens with zero attached hydrogens (tertiary/aromatic N) is 2. The van der Waals surface area contributed by atoms with Gasteiger partial charge in [0.15, 0.2) is 5.96 Å². The van der Waals surface area contributed by atoms with E-state index in [4.69, 9.17) is 21.1 Å². The molecule has 0 heterocycles. The highest BCUT2D eigenvalue weighted by Gasteiger charge is 2.21. The highest BCUT2D eigenvalue weighted by molar-refractivity contribution is 14.0. The van der Waals surface area contributed by atoms with Crippen molar-refractivity contribution < 1.29 is 14.6 Å². The van der Waals surface area contributed by atoms with Crippen LogP contribution in [0.2, 0.25) is 5.02 Å². The lowest BCUT2D eigenvalue weighted by Gasteiger charge is -2.22. The highest BCUT2D eigenvalue weighted by atomic mass is 127. The zero-order valence-electron chi connectivity index (χ0n) is 16.1. The summed E-state index contributed by atoms with van der Waals surface area (Å²) in [6.45, 7) is 5.37. The SMILES string of the molecule is CCNC(=NCC(O)COCC1CC1)N(C)CCOc1ccc(Cl)cc1.I. The first-order valence-corrected chi connectivity index (χ1v) is 9.60. The summed E-state index contributed by atoms with van der Waals surface area (Å²) >= 11 is 5.87. The minimum atomic E-state index is -0.582. The van der Waals surface area contributed by atoms with Crippen LogP contribution in [0.1, 0.15) is 19.8 Å². The maximum absolute atomic E-state index is 10.0. The Bertz CT molecular complexity index is 556. The van der Waals surface area contributed by atoms with Gasteiger partial charge in [0.1, 0.15) is 12.4 Å². The summed E-state index contributed by atoms with van der Waals surface area (Å²) < 4.78 is 11.2. The van der Waals surface area contributed by atoms with E-state index in [0.717, 1.165) is 24.9 Å². The molecule has 27 heavy (non-hydrogen) atoms. The largest absolute Gasteiger partial charge is 0.492 e. The molecule has 1 unspecified atom stereocenters. The molecule has 1 fully saturated rings. The average molecular weight is 512 g/mol. The Morgan fingerprint density at radius 2 is 2.07 bits per heavy atom. The van der Waals surface area contributed by atoms with Crippen LogP contribution < -0.4 is 10.1 Å². The number of likely N-dealkylation sites (N-methyl/N-ethyl adjacent to an activating group) is 1. The summed E-state index contributed by atoms with van der Waals surface area (Å²) in [5.74, 6) is 2.23. The maximum atomic E-state index is 10.0. The summed E-state index contributed by atoms with van der Waals surface area (Å²) in [5.41, 5.74) is 0. The quantitative estimate of drug-likeness (QED) is 0.272. The predicted molar refractivity (Wildman–Crippen MR) is 121 cm³/mol. The van der Waals surface area contributed by atoms with Gasteiger partial charge in [0.2, 0.25) is 0 Å². The highest BCUT2D eigenvalue weighted by Crippen LogP contribution is 2.28. The van der Waals surface area contributed by atoms with Gasteiger partial charge in [-0.05, 0) is 49.9 Å². The number of aliphatic hydroxyl groups is 1. The number of halogens is 2. The Morgan fingerprint density at radius 3 is 2.70 bits per heavy atom. The summed E-state index contributed by atoms with van der Waals surface area (Å²) in [4.78, 5) is 6.48. The number of aliphatic hydroxyl groups excluding tert-OH is 1. The number of nitrogens with one attached hydrogen (secondary N) is 1. The van der Waals surface area contributed by atoms with Gasteiger partial charge < -0.3 is 24.8 Å². The number of rotatable bonds is 11. The van der Waals surface area contributed by atoms with Crippen molar-refractivity contribution >= 4 is 41.5 Å². The Balaban J connectivity index is 0.00000364. The predicted octanol–water partition coefficient (Wildman–Crippen LogP) is 3.02. The van der Waals surface area contributed by atoms with Gasteiger partial charge in [-0.2, -0.15) is 0 Å².